The molecule has 1 amide bonds. The van der Waals surface area contributed by atoms with E-state index in [2.05, 4.69) is 13.0 Å². The molecule has 1 aliphatic rings. The second kappa shape index (κ2) is 9.92. The number of benzene rings is 3. The first-order chi connectivity index (χ1) is 15.1. The summed E-state index contributed by atoms with van der Waals surface area (Å²) in [4.78, 5) is 15.2. The molecule has 3 aromatic carbocycles. The van der Waals surface area contributed by atoms with Gasteiger partial charge in [-0.1, -0.05) is 62.2 Å². The molecule has 2 atom stereocenters. The maximum Gasteiger partial charge on any atom is 0.237 e. The number of thioether (sulfide) groups is 1. The van der Waals surface area contributed by atoms with Crippen molar-refractivity contribution >= 4 is 17.7 Å². The Kier molecular flexibility index (Phi) is 6.82. The molecule has 31 heavy (non-hydrogen) atoms. The Morgan fingerprint density at radius 3 is 2.45 bits per heavy atom. The number of para-hydroxylation sites is 1. The molecule has 1 N–H and O–H groups in total. The zero-order valence-electron chi connectivity index (χ0n) is 17.6. The summed E-state index contributed by atoms with van der Waals surface area (Å²) in [5.41, 5.74) is 2.06. The van der Waals surface area contributed by atoms with Gasteiger partial charge in [0, 0.05) is 6.54 Å². The second-order valence-electron chi connectivity index (χ2n) is 7.74. The smallest absolute Gasteiger partial charge is 0.237 e. The fourth-order valence-corrected chi connectivity index (χ4v) is 5.24. The Morgan fingerprint density at radius 1 is 0.968 bits per heavy atom. The summed E-state index contributed by atoms with van der Waals surface area (Å²) in [6.07, 6.45) is 3.01. The van der Waals surface area contributed by atoms with Gasteiger partial charge in [0.15, 0.2) is 0 Å². The topological polar surface area (TPSA) is 49.8 Å². The fraction of sp³-hybridized carbons (Fsp3) is 0.269. The average molecular weight is 434 g/mol. The van der Waals surface area contributed by atoms with Crippen LogP contribution in [-0.2, 0) is 11.3 Å². The van der Waals surface area contributed by atoms with E-state index in [-0.39, 0.29) is 22.3 Å². The summed E-state index contributed by atoms with van der Waals surface area (Å²) < 4.78 is 6.02. The SMILES string of the molecule is CCCCC1SC(c2cccc(Oc3ccccc3)c2)N(Cc2ccc(O)cc2)C1=O. The van der Waals surface area contributed by atoms with Crippen molar-refractivity contribution in [3.05, 3.63) is 90.0 Å². The zero-order valence-corrected chi connectivity index (χ0v) is 18.4. The van der Waals surface area contributed by atoms with E-state index >= 15 is 0 Å². The van der Waals surface area contributed by atoms with Gasteiger partial charge in [-0.3, -0.25) is 4.79 Å². The Balaban J connectivity index is 1.59. The normalized spacial score (nSPS) is 18.4. The van der Waals surface area contributed by atoms with Gasteiger partial charge in [0.25, 0.3) is 0 Å². The van der Waals surface area contributed by atoms with Crippen LogP contribution in [0.15, 0.2) is 78.9 Å². The highest BCUT2D eigenvalue weighted by Gasteiger charge is 2.40. The van der Waals surface area contributed by atoms with Crippen LogP contribution in [0, 0.1) is 0 Å². The molecule has 0 saturated carbocycles. The number of carbonyl (C=O) groups excluding carboxylic acids is 1. The van der Waals surface area contributed by atoms with Crippen LogP contribution in [0.25, 0.3) is 0 Å². The highest BCUT2D eigenvalue weighted by molar-refractivity contribution is 8.01. The predicted molar refractivity (Wildman–Crippen MR) is 125 cm³/mol. The number of aromatic hydroxyl groups is 1. The van der Waals surface area contributed by atoms with E-state index < -0.39 is 0 Å². The van der Waals surface area contributed by atoms with Crippen LogP contribution in [0.4, 0.5) is 0 Å². The Bertz CT molecular complexity index is 1010. The lowest BCUT2D eigenvalue weighted by molar-refractivity contribution is -0.130. The van der Waals surface area contributed by atoms with Gasteiger partial charge in [0.05, 0.1) is 5.25 Å². The number of unbranched alkanes of at least 4 members (excludes halogenated alkanes) is 1. The highest BCUT2D eigenvalue weighted by Crippen LogP contribution is 2.46. The minimum atomic E-state index is -0.0671. The van der Waals surface area contributed by atoms with Crippen molar-refractivity contribution in [1.82, 2.24) is 4.90 Å². The molecule has 1 saturated heterocycles. The first-order valence-electron chi connectivity index (χ1n) is 10.7. The number of carbonyl (C=O) groups is 1. The van der Waals surface area contributed by atoms with E-state index in [1.807, 2.05) is 65.6 Å². The van der Waals surface area contributed by atoms with Crippen molar-refractivity contribution in [2.24, 2.45) is 0 Å². The van der Waals surface area contributed by atoms with Gasteiger partial charge in [-0.2, -0.15) is 0 Å². The molecule has 3 aromatic rings. The van der Waals surface area contributed by atoms with Gasteiger partial charge < -0.3 is 14.7 Å². The van der Waals surface area contributed by atoms with E-state index in [9.17, 15) is 9.90 Å². The second-order valence-corrected chi connectivity index (χ2v) is 9.03. The number of phenolic OH excluding ortho intramolecular Hbond substituents is 1. The number of rotatable bonds is 8. The third-order valence-corrected chi connectivity index (χ3v) is 6.92. The molecule has 0 aromatic heterocycles. The van der Waals surface area contributed by atoms with Gasteiger partial charge in [-0.25, -0.2) is 0 Å². The van der Waals surface area contributed by atoms with E-state index in [4.69, 9.17) is 4.74 Å². The van der Waals surface area contributed by atoms with E-state index in [0.29, 0.717) is 6.54 Å². The lowest BCUT2D eigenvalue weighted by Gasteiger charge is -2.24. The summed E-state index contributed by atoms with van der Waals surface area (Å²) in [5.74, 6) is 1.97. The molecule has 0 spiro atoms. The van der Waals surface area contributed by atoms with Crippen molar-refractivity contribution in [2.75, 3.05) is 0 Å². The van der Waals surface area contributed by atoms with E-state index in [0.717, 1.165) is 41.9 Å². The first-order valence-corrected chi connectivity index (χ1v) is 11.6. The van der Waals surface area contributed by atoms with E-state index in [1.54, 1.807) is 23.9 Å². The maximum absolute atomic E-state index is 13.3. The van der Waals surface area contributed by atoms with Crippen LogP contribution in [0.3, 0.4) is 0 Å². The molecule has 0 aliphatic carbocycles. The fourth-order valence-electron chi connectivity index (χ4n) is 3.74. The summed E-state index contributed by atoms with van der Waals surface area (Å²) in [6.45, 7) is 2.67. The molecule has 160 valence electrons. The number of phenols is 1. The molecule has 5 heteroatoms. The molecule has 0 bridgehead atoms. The molecule has 0 radical (unpaired) electrons. The van der Waals surface area contributed by atoms with Crippen LogP contribution >= 0.6 is 11.8 Å². The summed E-state index contributed by atoms with van der Waals surface area (Å²) in [7, 11) is 0. The van der Waals surface area contributed by atoms with Crippen molar-refractivity contribution < 1.29 is 14.6 Å². The molecule has 1 heterocycles. The minimum absolute atomic E-state index is 0.0271. The number of amides is 1. The van der Waals surface area contributed by atoms with Crippen LogP contribution in [0.2, 0.25) is 0 Å². The quantitative estimate of drug-likeness (QED) is 0.439. The number of hydrogen-bond donors (Lipinski definition) is 1. The van der Waals surface area contributed by atoms with Gasteiger partial charge in [0.1, 0.15) is 22.6 Å². The monoisotopic (exact) mass is 433 g/mol. The van der Waals surface area contributed by atoms with E-state index in [1.165, 1.54) is 0 Å². The molecule has 4 nitrogen and oxygen atoms in total. The number of hydrogen-bond acceptors (Lipinski definition) is 4. The standard InChI is InChI=1S/C26H27NO3S/c1-2-3-12-24-25(29)27(18-19-13-15-21(28)16-14-19)26(31-24)20-8-7-11-23(17-20)30-22-9-5-4-6-10-22/h4-11,13-17,24,26,28H,2-3,12,18H2,1H3. The molecule has 1 aliphatic heterocycles. The van der Waals surface area contributed by atoms with Crippen molar-refractivity contribution in [3.63, 3.8) is 0 Å². The Labute approximate surface area is 187 Å². The third-order valence-electron chi connectivity index (χ3n) is 5.37. The van der Waals surface area contributed by atoms with Crippen LogP contribution in [0.1, 0.15) is 42.7 Å². The van der Waals surface area contributed by atoms with Gasteiger partial charge in [-0.05, 0) is 53.9 Å². The minimum Gasteiger partial charge on any atom is -0.508 e. The van der Waals surface area contributed by atoms with Crippen LogP contribution < -0.4 is 4.74 Å². The molecular weight excluding hydrogens is 406 g/mol. The lowest BCUT2D eigenvalue weighted by Crippen LogP contribution is -2.30. The molecule has 1 fully saturated rings. The van der Waals surface area contributed by atoms with Crippen LogP contribution in [0.5, 0.6) is 17.2 Å². The molecule has 2 unspecified atom stereocenters. The highest BCUT2D eigenvalue weighted by atomic mass is 32.2. The third kappa shape index (κ3) is 5.23. The average Bonchev–Trinajstić information content (AvgIpc) is 3.10. The Morgan fingerprint density at radius 2 is 1.71 bits per heavy atom. The Hall–Kier alpha value is -2.92. The lowest BCUT2D eigenvalue weighted by atomic mass is 10.1. The van der Waals surface area contributed by atoms with Gasteiger partial charge in [-0.15, -0.1) is 11.8 Å². The number of ether oxygens (including phenoxy) is 1. The van der Waals surface area contributed by atoms with Gasteiger partial charge in [0.2, 0.25) is 5.91 Å². The number of nitrogens with zero attached hydrogens (tertiary/aromatic N) is 1. The first kappa shape index (κ1) is 21.3. The summed E-state index contributed by atoms with van der Waals surface area (Å²) in [5, 5.41) is 9.50. The molecular formula is C26H27NO3S. The summed E-state index contributed by atoms with van der Waals surface area (Å²) >= 11 is 1.73. The van der Waals surface area contributed by atoms with Crippen LogP contribution in [-0.4, -0.2) is 21.2 Å². The van der Waals surface area contributed by atoms with Crippen molar-refractivity contribution in [2.45, 2.75) is 43.4 Å². The van der Waals surface area contributed by atoms with Gasteiger partial charge >= 0.3 is 0 Å². The predicted octanol–water partition coefficient (Wildman–Crippen LogP) is 6.52. The molecule has 4 rings (SSSR count). The van der Waals surface area contributed by atoms with Crippen molar-refractivity contribution in [3.8, 4) is 17.2 Å². The zero-order chi connectivity index (χ0) is 21.6. The van der Waals surface area contributed by atoms with Crippen molar-refractivity contribution in [1.29, 1.82) is 0 Å². The maximum atomic E-state index is 13.3. The largest absolute Gasteiger partial charge is 0.508 e. The summed E-state index contributed by atoms with van der Waals surface area (Å²) in [6, 6.07) is 24.8.